The molecule has 0 aliphatic carbocycles. The van der Waals surface area contributed by atoms with E-state index >= 15 is 0 Å². The zero-order chi connectivity index (χ0) is 35.2. The summed E-state index contributed by atoms with van der Waals surface area (Å²) in [5.41, 5.74) is 4.35. The van der Waals surface area contributed by atoms with Crippen LogP contribution in [0.1, 0.15) is 45.7 Å². The number of carbonyl (C=O) groups excluding carboxylic acids is 4. The molecule has 0 bridgehead atoms. The highest BCUT2D eigenvalue weighted by Crippen LogP contribution is 2.34. The van der Waals surface area contributed by atoms with E-state index in [1.165, 1.54) is 20.2 Å². The number of methoxy groups -OCH3 is 1. The van der Waals surface area contributed by atoms with Gasteiger partial charge >= 0.3 is 23.9 Å². The van der Waals surface area contributed by atoms with Crippen molar-refractivity contribution >= 4 is 47.4 Å². The number of nitrogens with zero attached hydrogens (tertiary/aromatic N) is 1. The van der Waals surface area contributed by atoms with Gasteiger partial charge in [-0.25, -0.2) is 0 Å². The number of hydrazone groups is 1. The predicted molar refractivity (Wildman–Crippen MR) is 173 cm³/mol. The lowest BCUT2D eigenvalue weighted by molar-refractivity contribution is -0.288. The van der Waals surface area contributed by atoms with Gasteiger partial charge in [0.15, 0.2) is 28.8 Å². The molecule has 1 aliphatic rings. The molecule has 1 fully saturated rings. The van der Waals surface area contributed by atoms with E-state index in [0.29, 0.717) is 23.8 Å². The number of hydrogen-bond acceptors (Lipinski definition) is 14. The summed E-state index contributed by atoms with van der Waals surface area (Å²) in [4.78, 5) is 47.8. The van der Waals surface area contributed by atoms with E-state index in [9.17, 15) is 19.2 Å². The molecular formula is C32H39N3O12S. The number of carbonyl (C=O) groups is 4. The Morgan fingerprint density at radius 3 is 2.12 bits per heavy atom. The molecule has 0 unspecified atom stereocenters. The van der Waals surface area contributed by atoms with E-state index in [1.54, 1.807) is 18.2 Å². The van der Waals surface area contributed by atoms with Crippen molar-refractivity contribution in [1.82, 2.24) is 10.7 Å². The normalized spacial score (nSPS) is 20.2. The maximum Gasteiger partial charge on any atom is 0.303 e. The number of rotatable bonds is 14. The van der Waals surface area contributed by atoms with Crippen LogP contribution in [0.3, 0.4) is 0 Å². The second kappa shape index (κ2) is 18.4. The molecule has 1 saturated heterocycles. The van der Waals surface area contributed by atoms with E-state index < -0.39 is 61.2 Å². The molecule has 3 rings (SSSR count). The number of hydrogen-bond donors (Lipinski definition) is 2. The Hall–Kier alpha value is -4.96. The molecule has 260 valence electrons. The van der Waals surface area contributed by atoms with Crippen molar-refractivity contribution in [3.05, 3.63) is 53.6 Å². The van der Waals surface area contributed by atoms with Gasteiger partial charge in [-0.3, -0.25) is 24.6 Å². The third-order valence-corrected chi connectivity index (χ3v) is 6.68. The number of ether oxygens (including phenoxy) is 8. The number of nitrogens with one attached hydrogen (secondary N) is 2. The lowest BCUT2D eigenvalue weighted by Gasteiger charge is -2.44. The molecule has 0 spiro atoms. The first-order valence-electron chi connectivity index (χ1n) is 14.8. The SMILES string of the molecule is CCOc1ccc(CNC(=S)N/N=C\c2ccc(O[C@@H]3O[C@@H](COC(C)=O)[C@H](OC(C)=O)[C@@H](OC(C)=O)[C@@H]3OC(C)=O)c(OC)c2)cc1. The second-order valence-corrected chi connectivity index (χ2v) is 10.6. The molecule has 15 nitrogen and oxygen atoms in total. The van der Waals surface area contributed by atoms with Gasteiger partial charge in [0, 0.05) is 34.2 Å². The summed E-state index contributed by atoms with van der Waals surface area (Å²) in [6.07, 6.45) is -5.20. The van der Waals surface area contributed by atoms with Crippen molar-refractivity contribution < 1.29 is 57.1 Å². The van der Waals surface area contributed by atoms with Gasteiger partial charge in [0.1, 0.15) is 18.5 Å². The average Bonchev–Trinajstić information content (AvgIpc) is 3.02. The quantitative estimate of drug-likeness (QED) is 0.0971. The smallest absolute Gasteiger partial charge is 0.303 e. The Morgan fingerprint density at radius 1 is 0.875 bits per heavy atom. The van der Waals surface area contributed by atoms with Crippen molar-refractivity contribution in [2.45, 2.75) is 71.9 Å². The molecule has 5 atom stereocenters. The van der Waals surface area contributed by atoms with Crippen LogP contribution < -0.4 is 25.0 Å². The summed E-state index contributed by atoms with van der Waals surface area (Å²) in [5, 5.41) is 7.53. The molecule has 0 amide bonds. The van der Waals surface area contributed by atoms with Gasteiger partial charge in [-0.1, -0.05) is 12.1 Å². The number of benzene rings is 2. The minimum absolute atomic E-state index is 0.149. The summed E-state index contributed by atoms with van der Waals surface area (Å²) >= 11 is 5.30. The van der Waals surface area contributed by atoms with E-state index in [2.05, 4.69) is 15.8 Å². The maximum absolute atomic E-state index is 12.1. The minimum Gasteiger partial charge on any atom is -0.494 e. The number of esters is 4. The zero-order valence-electron chi connectivity index (χ0n) is 27.4. The van der Waals surface area contributed by atoms with E-state index in [-0.39, 0.29) is 11.5 Å². The van der Waals surface area contributed by atoms with Gasteiger partial charge in [-0.15, -0.1) is 0 Å². The van der Waals surface area contributed by atoms with Crippen LogP contribution in [0.4, 0.5) is 0 Å². The van der Waals surface area contributed by atoms with Crippen LogP contribution in [0, 0.1) is 0 Å². The summed E-state index contributed by atoms with van der Waals surface area (Å²) in [5.74, 6) is -1.72. The van der Waals surface area contributed by atoms with Gasteiger partial charge < -0.3 is 43.2 Å². The molecule has 2 aromatic carbocycles. The number of thiocarbonyl (C=S) groups is 1. The Bertz CT molecular complexity index is 1470. The molecule has 1 aliphatic heterocycles. The monoisotopic (exact) mass is 689 g/mol. The molecule has 2 aromatic rings. The molecule has 16 heteroatoms. The van der Waals surface area contributed by atoms with Gasteiger partial charge in [0.25, 0.3) is 0 Å². The molecule has 48 heavy (non-hydrogen) atoms. The van der Waals surface area contributed by atoms with Crippen LogP contribution in [0.2, 0.25) is 0 Å². The Morgan fingerprint density at radius 2 is 1.52 bits per heavy atom. The lowest BCUT2D eigenvalue weighted by Crippen LogP contribution is -2.63. The molecule has 2 N–H and O–H groups in total. The molecule has 1 heterocycles. The van der Waals surface area contributed by atoms with Crippen LogP contribution in [0.15, 0.2) is 47.6 Å². The molecule has 0 radical (unpaired) electrons. The van der Waals surface area contributed by atoms with Crippen LogP contribution in [0.5, 0.6) is 17.2 Å². The van der Waals surface area contributed by atoms with E-state index in [4.69, 9.17) is 50.1 Å². The fraction of sp³-hybridized carbons (Fsp3) is 0.438. The summed E-state index contributed by atoms with van der Waals surface area (Å²) in [6.45, 7) is 7.18. The maximum atomic E-state index is 12.1. The topological polar surface area (TPSA) is 179 Å². The van der Waals surface area contributed by atoms with Crippen molar-refractivity contribution in [1.29, 1.82) is 0 Å². The largest absolute Gasteiger partial charge is 0.494 e. The van der Waals surface area contributed by atoms with Crippen LogP contribution in [-0.2, 0) is 49.4 Å². The van der Waals surface area contributed by atoms with Crippen LogP contribution >= 0.6 is 12.2 Å². The molecule has 0 aromatic heterocycles. The Labute approximate surface area is 283 Å². The fourth-order valence-electron chi connectivity index (χ4n) is 4.53. The third kappa shape index (κ3) is 11.7. The van der Waals surface area contributed by atoms with Crippen molar-refractivity contribution in [2.75, 3.05) is 20.3 Å². The van der Waals surface area contributed by atoms with Crippen molar-refractivity contribution in [3.63, 3.8) is 0 Å². The zero-order valence-corrected chi connectivity index (χ0v) is 28.2. The predicted octanol–water partition coefficient (Wildman–Crippen LogP) is 2.55. The second-order valence-electron chi connectivity index (χ2n) is 10.2. The van der Waals surface area contributed by atoms with E-state index in [1.807, 2.05) is 31.2 Å². The van der Waals surface area contributed by atoms with Gasteiger partial charge in [0.2, 0.25) is 12.4 Å². The summed E-state index contributed by atoms with van der Waals surface area (Å²) in [7, 11) is 1.41. The first-order chi connectivity index (χ1) is 22.9. The Balaban J connectivity index is 1.76. The highest BCUT2D eigenvalue weighted by molar-refractivity contribution is 7.80. The highest BCUT2D eigenvalue weighted by Gasteiger charge is 2.53. The summed E-state index contributed by atoms with van der Waals surface area (Å²) < 4.78 is 44.4. The van der Waals surface area contributed by atoms with Crippen LogP contribution in [0.25, 0.3) is 0 Å². The Kier molecular flexibility index (Phi) is 14.4. The van der Waals surface area contributed by atoms with E-state index in [0.717, 1.165) is 32.1 Å². The first-order valence-corrected chi connectivity index (χ1v) is 15.2. The van der Waals surface area contributed by atoms with Crippen molar-refractivity contribution in [3.8, 4) is 17.2 Å². The molecule has 0 saturated carbocycles. The standard InChI is InChI=1S/C32H39N3O12S/c1-7-41-24-11-8-22(9-12-24)15-33-32(48)35-34-16-23-10-13-25(26(14-23)40-6)46-31-30(45-21(5)39)29(44-20(4)38)28(43-19(3)37)27(47-31)17-42-18(2)36/h8-14,16,27-31H,7,15,17H2,1-6H3,(H2,33,35,48)/b34-16-/t27-,28-,29+,30-,31+/m0/s1. The lowest BCUT2D eigenvalue weighted by atomic mass is 9.98. The highest BCUT2D eigenvalue weighted by atomic mass is 32.1. The third-order valence-electron chi connectivity index (χ3n) is 6.45. The summed E-state index contributed by atoms with van der Waals surface area (Å²) in [6, 6.07) is 12.4. The minimum atomic E-state index is -1.43. The fourth-order valence-corrected chi connectivity index (χ4v) is 4.65. The average molecular weight is 690 g/mol. The van der Waals surface area contributed by atoms with Gasteiger partial charge in [0.05, 0.1) is 19.9 Å². The van der Waals surface area contributed by atoms with Gasteiger partial charge in [-0.05, 0) is 60.6 Å². The van der Waals surface area contributed by atoms with Crippen LogP contribution in [-0.4, -0.2) is 86.2 Å². The first kappa shape index (κ1) is 37.5. The molecular weight excluding hydrogens is 650 g/mol. The van der Waals surface area contributed by atoms with Crippen molar-refractivity contribution in [2.24, 2.45) is 5.10 Å². The van der Waals surface area contributed by atoms with Gasteiger partial charge in [-0.2, -0.15) is 5.10 Å².